The van der Waals surface area contributed by atoms with Gasteiger partial charge in [0.2, 0.25) is 0 Å². The lowest BCUT2D eigenvalue weighted by Crippen LogP contribution is -2.64. The minimum absolute atomic E-state index is 0.367. The Morgan fingerprint density at radius 3 is 2.58 bits per heavy atom. The third-order valence-electron chi connectivity index (χ3n) is 8.29. The van der Waals surface area contributed by atoms with Gasteiger partial charge in [-0.15, -0.1) is 0 Å². The van der Waals surface area contributed by atoms with E-state index in [2.05, 4.69) is 15.4 Å². The first-order chi connectivity index (χ1) is 19.4. The standard InChI is InChI=1S/C29H28Cl2N4O4S/c1-37-22-8-15(28(36)38-2)9-23-26(22)33-29(40-23)35-17-10-16(11-18(35)12-17)32-13-19-25(34-39-27(19)14-6-7-14)24-20(30)4-3-5-21(24)31/h3-5,8-9,14,16-18,32H,6-7,10-13H2,1-2H3. The van der Waals surface area contributed by atoms with Gasteiger partial charge in [0, 0.05) is 41.7 Å². The summed E-state index contributed by atoms with van der Waals surface area (Å²) in [5, 5.41) is 10.3. The van der Waals surface area contributed by atoms with E-state index in [1.165, 1.54) is 7.11 Å². The number of esters is 1. The molecule has 2 atom stereocenters. The number of aromatic nitrogens is 2. The van der Waals surface area contributed by atoms with E-state index in [4.69, 9.17) is 42.2 Å². The molecule has 11 heteroatoms. The molecule has 2 aliphatic carbocycles. The van der Waals surface area contributed by atoms with Crippen molar-refractivity contribution in [2.45, 2.75) is 62.7 Å². The van der Waals surface area contributed by atoms with E-state index in [0.29, 0.717) is 51.9 Å². The Morgan fingerprint density at radius 1 is 1.15 bits per heavy atom. The van der Waals surface area contributed by atoms with Gasteiger partial charge < -0.3 is 24.2 Å². The second-order valence-electron chi connectivity index (χ2n) is 10.8. The molecule has 4 fully saturated rings. The zero-order valence-corrected chi connectivity index (χ0v) is 24.4. The molecule has 2 saturated carbocycles. The van der Waals surface area contributed by atoms with Crippen molar-refractivity contribution in [2.75, 3.05) is 19.1 Å². The van der Waals surface area contributed by atoms with E-state index >= 15 is 0 Å². The second kappa shape index (κ2) is 10.2. The maximum absolute atomic E-state index is 12.1. The highest BCUT2D eigenvalue weighted by atomic mass is 35.5. The monoisotopic (exact) mass is 598 g/mol. The topological polar surface area (TPSA) is 89.7 Å². The van der Waals surface area contributed by atoms with Crippen LogP contribution in [0.3, 0.4) is 0 Å². The Kier molecular flexibility index (Phi) is 6.65. The number of halogens is 2. The number of fused-ring (bicyclic) bond motifs is 3. The van der Waals surface area contributed by atoms with Crippen molar-refractivity contribution in [1.29, 1.82) is 0 Å². The van der Waals surface area contributed by atoms with Gasteiger partial charge >= 0.3 is 5.97 Å². The number of carbonyl (C=O) groups is 1. The average molecular weight is 600 g/mol. The van der Waals surface area contributed by atoms with Gasteiger partial charge in [-0.05, 0) is 56.4 Å². The van der Waals surface area contributed by atoms with Crippen molar-refractivity contribution < 1.29 is 18.8 Å². The van der Waals surface area contributed by atoms with E-state index in [1.54, 1.807) is 24.5 Å². The van der Waals surface area contributed by atoms with Crippen LogP contribution < -0.4 is 15.0 Å². The minimum Gasteiger partial charge on any atom is -0.494 e. The molecule has 0 radical (unpaired) electrons. The van der Waals surface area contributed by atoms with E-state index < -0.39 is 0 Å². The quantitative estimate of drug-likeness (QED) is 0.221. The number of piperidine rings is 1. The summed E-state index contributed by atoms with van der Waals surface area (Å²) in [6.07, 6.45) is 5.43. The van der Waals surface area contributed by atoms with Crippen molar-refractivity contribution in [3.63, 3.8) is 0 Å². The highest BCUT2D eigenvalue weighted by Crippen LogP contribution is 2.48. The molecule has 0 spiro atoms. The Balaban J connectivity index is 1.08. The summed E-state index contributed by atoms with van der Waals surface area (Å²) >= 11 is 14.7. The third-order valence-corrected chi connectivity index (χ3v) is 9.93. The SMILES string of the molecule is COC(=O)c1cc(OC)c2nc(N3C4CC(NCc5c(-c6c(Cl)cccc6Cl)noc5C5CC5)CC3C4)sc2c1. The highest BCUT2D eigenvalue weighted by Gasteiger charge is 2.46. The van der Waals surface area contributed by atoms with E-state index in [9.17, 15) is 4.79 Å². The number of nitrogens with zero attached hydrogens (tertiary/aromatic N) is 3. The lowest BCUT2D eigenvalue weighted by Gasteiger charge is -2.55. The third kappa shape index (κ3) is 4.43. The summed E-state index contributed by atoms with van der Waals surface area (Å²) < 4.78 is 17.2. The molecular weight excluding hydrogens is 571 g/mol. The van der Waals surface area contributed by atoms with Gasteiger partial charge in [-0.3, -0.25) is 0 Å². The fraction of sp³-hybridized carbons (Fsp3) is 0.414. The zero-order chi connectivity index (χ0) is 27.5. The summed E-state index contributed by atoms with van der Waals surface area (Å²) in [6.45, 7) is 0.658. The van der Waals surface area contributed by atoms with Crippen LogP contribution in [0.5, 0.6) is 5.75 Å². The molecule has 40 heavy (non-hydrogen) atoms. The molecule has 0 amide bonds. The molecule has 4 heterocycles. The van der Waals surface area contributed by atoms with Gasteiger partial charge in [-0.2, -0.15) is 0 Å². The highest BCUT2D eigenvalue weighted by molar-refractivity contribution is 7.22. The molecule has 2 aliphatic heterocycles. The summed E-state index contributed by atoms with van der Waals surface area (Å²) in [4.78, 5) is 19.5. The molecule has 208 valence electrons. The number of nitrogens with one attached hydrogen (secondary N) is 1. The Labute approximate surface area is 245 Å². The number of rotatable bonds is 8. The molecule has 2 saturated heterocycles. The fourth-order valence-electron chi connectivity index (χ4n) is 6.17. The predicted molar refractivity (Wildman–Crippen MR) is 156 cm³/mol. The van der Waals surface area contributed by atoms with Crippen LogP contribution in [0, 0.1) is 0 Å². The van der Waals surface area contributed by atoms with Crippen LogP contribution in [0.2, 0.25) is 10.0 Å². The van der Waals surface area contributed by atoms with Crippen molar-refractivity contribution in [3.8, 4) is 17.0 Å². The molecule has 2 aromatic carbocycles. The number of methoxy groups -OCH3 is 2. The number of hydrogen-bond acceptors (Lipinski definition) is 9. The van der Waals surface area contributed by atoms with Gasteiger partial charge in [-0.25, -0.2) is 9.78 Å². The van der Waals surface area contributed by atoms with Crippen LogP contribution in [0.1, 0.15) is 59.7 Å². The summed E-state index contributed by atoms with van der Waals surface area (Å²) in [5.41, 5.74) is 3.78. The van der Waals surface area contributed by atoms with Crippen LogP contribution in [0.4, 0.5) is 5.13 Å². The Bertz CT molecular complexity index is 1580. The summed E-state index contributed by atoms with van der Waals surface area (Å²) in [5.74, 6) is 1.57. The van der Waals surface area contributed by atoms with Crippen LogP contribution >= 0.6 is 34.5 Å². The first-order valence-corrected chi connectivity index (χ1v) is 15.0. The molecule has 8 nitrogen and oxygen atoms in total. The molecule has 1 N–H and O–H groups in total. The lowest BCUT2D eigenvalue weighted by molar-refractivity contribution is 0.0600. The molecule has 8 rings (SSSR count). The lowest BCUT2D eigenvalue weighted by atomic mass is 9.77. The van der Waals surface area contributed by atoms with Crippen molar-refractivity contribution in [1.82, 2.24) is 15.5 Å². The van der Waals surface area contributed by atoms with Crippen LogP contribution in [0.15, 0.2) is 34.9 Å². The van der Waals surface area contributed by atoms with E-state index in [0.717, 1.165) is 70.0 Å². The van der Waals surface area contributed by atoms with Crippen LogP contribution in [-0.2, 0) is 11.3 Å². The number of anilines is 1. The molecule has 2 aromatic heterocycles. The predicted octanol–water partition coefficient (Wildman–Crippen LogP) is 6.83. The smallest absolute Gasteiger partial charge is 0.338 e. The van der Waals surface area contributed by atoms with Crippen LogP contribution in [-0.4, -0.2) is 48.5 Å². The van der Waals surface area contributed by atoms with Crippen molar-refractivity contribution in [3.05, 3.63) is 57.3 Å². The first-order valence-electron chi connectivity index (χ1n) is 13.5. The molecule has 2 unspecified atom stereocenters. The van der Waals surface area contributed by atoms with Crippen LogP contribution in [0.25, 0.3) is 21.5 Å². The fourth-order valence-corrected chi connectivity index (χ4v) is 7.91. The molecule has 2 bridgehead atoms. The van der Waals surface area contributed by atoms with Gasteiger partial charge in [0.15, 0.2) is 5.13 Å². The first kappa shape index (κ1) is 26.1. The summed E-state index contributed by atoms with van der Waals surface area (Å²) in [6, 6.07) is 10.2. The number of carbonyl (C=O) groups excluding carboxylic acids is 1. The maximum Gasteiger partial charge on any atom is 0.338 e. The number of hydrogen-bond donors (Lipinski definition) is 1. The maximum atomic E-state index is 12.1. The van der Waals surface area contributed by atoms with Crippen molar-refractivity contribution in [2.24, 2.45) is 0 Å². The Morgan fingerprint density at radius 2 is 1.90 bits per heavy atom. The zero-order valence-electron chi connectivity index (χ0n) is 22.1. The van der Waals surface area contributed by atoms with E-state index in [1.807, 2.05) is 24.3 Å². The van der Waals surface area contributed by atoms with Gasteiger partial charge in [0.05, 0.1) is 34.5 Å². The normalized spacial score (nSPS) is 21.9. The molecule has 4 aliphatic rings. The van der Waals surface area contributed by atoms with Gasteiger partial charge in [0.1, 0.15) is 22.7 Å². The number of benzene rings is 2. The van der Waals surface area contributed by atoms with E-state index in [-0.39, 0.29) is 5.97 Å². The summed E-state index contributed by atoms with van der Waals surface area (Å²) in [7, 11) is 2.98. The van der Waals surface area contributed by atoms with Gasteiger partial charge in [0.25, 0.3) is 0 Å². The average Bonchev–Trinajstić information content (AvgIpc) is 3.58. The second-order valence-corrected chi connectivity index (χ2v) is 12.6. The van der Waals surface area contributed by atoms with Gasteiger partial charge in [-0.1, -0.05) is 45.8 Å². The largest absolute Gasteiger partial charge is 0.494 e. The van der Waals surface area contributed by atoms with Crippen molar-refractivity contribution >= 4 is 55.9 Å². The minimum atomic E-state index is -0.387. The Hall–Kier alpha value is -2.85. The molecule has 4 aromatic rings. The number of thiazole rings is 1. The number of ether oxygens (including phenoxy) is 2. The molecular formula is C29H28Cl2N4O4S.